The van der Waals surface area contributed by atoms with Crippen LogP contribution in [-0.2, 0) is 19.3 Å². The predicted octanol–water partition coefficient (Wildman–Crippen LogP) is 2.35. The molecule has 2 aromatic rings. The molecule has 2 unspecified atom stereocenters. The van der Waals surface area contributed by atoms with Crippen molar-refractivity contribution in [2.24, 2.45) is 5.73 Å². The number of rotatable bonds is 7. The van der Waals surface area contributed by atoms with Gasteiger partial charge in [0.1, 0.15) is 16.7 Å². The maximum atomic E-state index is 13.4. The van der Waals surface area contributed by atoms with Crippen molar-refractivity contribution in [3.63, 3.8) is 0 Å². The number of thioether (sulfide) groups is 1. The molecule has 0 aliphatic carbocycles. The van der Waals surface area contributed by atoms with Crippen molar-refractivity contribution in [3.05, 3.63) is 59.9 Å². The molecule has 0 bridgehead atoms. The van der Waals surface area contributed by atoms with E-state index < -0.39 is 22.9 Å². The maximum absolute atomic E-state index is 13.4. The molecule has 5 N–H and O–H groups in total. The van der Waals surface area contributed by atoms with Gasteiger partial charge in [-0.25, -0.2) is 9.18 Å². The van der Waals surface area contributed by atoms with E-state index in [0.29, 0.717) is 30.0 Å². The molecule has 2 atom stereocenters. The fraction of sp³-hybridized carbons (Fsp3) is 0.304. The van der Waals surface area contributed by atoms with Crippen LogP contribution in [0.3, 0.4) is 0 Å². The van der Waals surface area contributed by atoms with Crippen molar-refractivity contribution in [2.45, 2.75) is 30.2 Å². The maximum Gasteiger partial charge on any atom is 0.319 e. The van der Waals surface area contributed by atoms with E-state index in [-0.39, 0.29) is 30.6 Å². The van der Waals surface area contributed by atoms with E-state index in [2.05, 4.69) is 16.0 Å². The second-order valence-corrected chi connectivity index (χ2v) is 9.35. The van der Waals surface area contributed by atoms with Crippen molar-refractivity contribution in [1.29, 1.82) is 0 Å². The van der Waals surface area contributed by atoms with Crippen LogP contribution in [0, 0.1) is 5.82 Å². The van der Waals surface area contributed by atoms with Gasteiger partial charge in [0.2, 0.25) is 17.7 Å². The molecule has 2 aromatic carbocycles. The number of halogens is 1. The fourth-order valence-electron chi connectivity index (χ4n) is 4.22. The number of fused-ring (bicyclic) bond motifs is 1. The molecule has 2 fully saturated rings. The number of carbonyl (C=O) groups is 4. The highest BCUT2D eigenvalue weighted by molar-refractivity contribution is 8.00. The highest BCUT2D eigenvalue weighted by Crippen LogP contribution is 2.54. The molecule has 2 heterocycles. The molecule has 9 nitrogen and oxygen atoms in total. The SMILES string of the molecule is NC(=O)CCNC(=O)Nc1cccc(NC(=O)C2CSC3(c4ccc(F)cc4)CCC(=O)N23)c1. The van der Waals surface area contributed by atoms with Gasteiger partial charge in [-0.2, -0.15) is 0 Å². The predicted molar refractivity (Wildman–Crippen MR) is 126 cm³/mol. The summed E-state index contributed by atoms with van der Waals surface area (Å²) >= 11 is 1.51. The molecule has 2 saturated heterocycles. The quantitative estimate of drug-likeness (QED) is 0.478. The van der Waals surface area contributed by atoms with E-state index in [1.165, 1.54) is 23.9 Å². The largest absolute Gasteiger partial charge is 0.370 e. The third-order valence-electron chi connectivity index (χ3n) is 5.77. The van der Waals surface area contributed by atoms with Gasteiger partial charge in [-0.05, 0) is 42.3 Å². The Morgan fingerprint density at radius 1 is 1.12 bits per heavy atom. The average Bonchev–Trinajstić information content (AvgIpc) is 3.33. The van der Waals surface area contributed by atoms with E-state index in [9.17, 15) is 23.6 Å². The summed E-state index contributed by atoms with van der Waals surface area (Å²) in [6, 6.07) is 11.4. The van der Waals surface area contributed by atoms with Crippen LogP contribution in [0.25, 0.3) is 0 Å². The van der Waals surface area contributed by atoms with Crippen LogP contribution in [0.1, 0.15) is 24.8 Å². The Balaban J connectivity index is 1.43. The number of amides is 5. The van der Waals surface area contributed by atoms with Gasteiger partial charge in [0, 0.05) is 36.5 Å². The number of carbonyl (C=O) groups excluding carboxylic acids is 4. The molecular weight excluding hydrogens is 461 g/mol. The van der Waals surface area contributed by atoms with Crippen molar-refractivity contribution in [2.75, 3.05) is 22.9 Å². The first kappa shape index (κ1) is 23.6. The standard InChI is InChI=1S/C23H24FN5O4S/c24-15-6-4-14(5-7-15)23-10-8-20(31)29(23)18(13-34-23)21(32)27-16-2-1-3-17(12-16)28-22(33)26-11-9-19(25)30/h1-7,12,18H,8-11,13H2,(H2,25,30)(H,27,32)(H2,26,28,33). The molecule has 0 saturated carbocycles. The zero-order valence-electron chi connectivity index (χ0n) is 18.2. The smallest absolute Gasteiger partial charge is 0.319 e. The number of hydrogen-bond acceptors (Lipinski definition) is 5. The van der Waals surface area contributed by atoms with Crippen LogP contribution >= 0.6 is 11.8 Å². The van der Waals surface area contributed by atoms with Crippen molar-refractivity contribution in [3.8, 4) is 0 Å². The van der Waals surface area contributed by atoms with Crippen molar-refractivity contribution in [1.82, 2.24) is 10.2 Å². The number of nitrogens with zero attached hydrogens (tertiary/aromatic N) is 1. The summed E-state index contributed by atoms with van der Waals surface area (Å²) in [5.74, 6) is -0.916. The van der Waals surface area contributed by atoms with E-state index in [1.807, 2.05) is 0 Å². The van der Waals surface area contributed by atoms with Crippen molar-refractivity contribution >= 4 is 46.9 Å². The lowest BCUT2D eigenvalue weighted by atomic mass is 10.0. The zero-order chi connectivity index (χ0) is 24.3. The average molecular weight is 486 g/mol. The first-order valence-electron chi connectivity index (χ1n) is 10.7. The van der Waals surface area contributed by atoms with Crippen LogP contribution in [-0.4, -0.2) is 47.0 Å². The minimum Gasteiger partial charge on any atom is -0.370 e. The Morgan fingerprint density at radius 3 is 2.53 bits per heavy atom. The Bertz CT molecular complexity index is 1130. The zero-order valence-corrected chi connectivity index (χ0v) is 19.0. The minimum atomic E-state index is -0.682. The Morgan fingerprint density at radius 2 is 1.82 bits per heavy atom. The number of nitrogens with two attached hydrogens (primary N) is 1. The molecule has 2 aliphatic heterocycles. The van der Waals surface area contributed by atoms with Gasteiger partial charge < -0.3 is 26.6 Å². The molecule has 178 valence electrons. The number of benzene rings is 2. The summed E-state index contributed by atoms with van der Waals surface area (Å²) in [5.41, 5.74) is 6.74. The molecule has 4 rings (SSSR count). The Labute approximate surface area is 199 Å². The summed E-state index contributed by atoms with van der Waals surface area (Å²) in [4.78, 5) is 49.6. The van der Waals surface area contributed by atoms with Gasteiger partial charge in [-0.1, -0.05) is 18.2 Å². The highest BCUT2D eigenvalue weighted by Gasteiger charge is 2.56. The normalized spacial score (nSPS) is 21.1. The van der Waals surface area contributed by atoms with Gasteiger partial charge in [-0.3, -0.25) is 14.4 Å². The first-order valence-corrected chi connectivity index (χ1v) is 11.7. The van der Waals surface area contributed by atoms with Gasteiger partial charge in [0.05, 0.1) is 0 Å². The summed E-state index contributed by atoms with van der Waals surface area (Å²) in [6.45, 7) is 0.108. The Kier molecular flexibility index (Phi) is 6.73. The topological polar surface area (TPSA) is 134 Å². The summed E-state index contributed by atoms with van der Waals surface area (Å²) in [7, 11) is 0. The third-order valence-corrected chi connectivity index (χ3v) is 7.37. The summed E-state index contributed by atoms with van der Waals surface area (Å²) < 4.78 is 13.4. The third kappa shape index (κ3) is 4.84. The number of nitrogens with one attached hydrogen (secondary N) is 3. The van der Waals surface area contributed by atoms with E-state index in [0.717, 1.165) is 5.56 Å². The van der Waals surface area contributed by atoms with Gasteiger partial charge in [0.25, 0.3) is 0 Å². The fourth-order valence-corrected chi connectivity index (χ4v) is 5.87. The lowest BCUT2D eigenvalue weighted by molar-refractivity contribution is -0.136. The first-order chi connectivity index (χ1) is 16.3. The molecule has 11 heteroatoms. The lowest BCUT2D eigenvalue weighted by Crippen LogP contribution is -2.48. The number of primary amides is 1. The van der Waals surface area contributed by atoms with Gasteiger partial charge in [0.15, 0.2) is 0 Å². The number of anilines is 2. The van der Waals surface area contributed by atoms with Crippen LogP contribution in [0.2, 0.25) is 0 Å². The van der Waals surface area contributed by atoms with Gasteiger partial charge in [-0.15, -0.1) is 11.8 Å². The molecular formula is C23H24FN5O4S. The van der Waals surface area contributed by atoms with E-state index in [4.69, 9.17) is 5.73 Å². The molecule has 2 aliphatic rings. The molecule has 0 spiro atoms. The van der Waals surface area contributed by atoms with Crippen LogP contribution in [0.15, 0.2) is 48.5 Å². The van der Waals surface area contributed by atoms with Crippen LogP contribution in [0.5, 0.6) is 0 Å². The van der Waals surface area contributed by atoms with Gasteiger partial charge >= 0.3 is 6.03 Å². The summed E-state index contributed by atoms with van der Waals surface area (Å²) in [6.07, 6.45) is 0.895. The molecule has 5 amide bonds. The second-order valence-electron chi connectivity index (χ2n) is 8.05. The van der Waals surface area contributed by atoms with E-state index >= 15 is 0 Å². The highest BCUT2D eigenvalue weighted by atomic mass is 32.2. The lowest BCUT2D eigenvalue weighted by Gasteiger charge is -2.34. The van der Waals surface area contributed by atoms with Crippen molar-refractivity contribution < 1.29 is 23.6 Å². The van der Waals surface area contributed by atoms with Crippen LogP contribution < -0.4 is 21.7 Å². The molecule has 0 aromatic heterocycles. The minimum absolute atomic E-state index is 0.0253. The molecule has 34 heavy (non-hydrogen) atoms. The van der Waals surface area contributed by atoms with E-state index in [1.54, 1.807) is 41.3 Å². The van der Waals surface area contributed by atoms with Crippen LogP contribution in [0.4, 0.5) is 20.6 Å². The Hall–Kier alpha value is -3.60. The number of urea groups is 1. The molecule has 0 radical (unpaired) electrons. The monoisotopic (exact) mass is 485 g/mol. The summed E-state index contributed by atoms with van der Waals surface area (Å²) in [5, 5.41) is 7.96. The second kappa shape index (κ2) is 9.72. The number of hydrogen-bond donors (Lipinski definition) is 4.